The second-order valence-electron chi connectivity index (χ2n) is 9.64. The first-order valence-electron chi connectivity index (χ1n) is 11.3. The lowest BCUT2D eigenvalue weighted by molar-refractivity contribution is -0.00707. The Hall–Kier alpha value is -3.58. The SMILES string of the molecule is COc1ccc(-c2c3c(=O)n(C)c(=O)n(C)c3c3n2C(C)(C)CO[C@H]3c2ccc(C)cc2)cc1. The highest BCUT2D eigenvalue weighted by Crippen LogP contribution is 2.45. The van der Waals surface area contributed by atoms with Crippen LogP contribution in [0.1, 0.15) is 36.8 Å². The molecule has 1 aliphatic heterocycles. The van der Waals surface area contributed by atoms with Crippen LogP contribution in [-0.4, -0.2) is 27.4 Å². The van der Waals surface area contributed by atoms with Crippen molar-refractivity contribution < 1.29 is 9.47 Å². The number of rotatable bonds is 3. The second kappa shape index (κ2) is 7.74. The minimum atomic E-state index is -0.453. The van der Waals surface area contributed by atoms with E-state index in [0.717, 1.165) is 33.8 Å². The molecule has 0 radical (unpaired) electrons. The van der Waals surface area contributed by atoms with Gasteiger partial charge in [0.05, 0.1) is 41.5 Å². The van der Waals surface area contributed by atoms with Crippen LogP contribution in [0.3, 0.4) is 0 Å². The molecular formula is C27H29N3O4. The Morgan fingerprint density at radius 3 is 2.24 bits per heavy atom. The number of fused-ring (bicyclic) bond motifs is 3. The molecule has 0 saturated heterocycles. The minimum absolute atomic E-state index is 0.315. The summed E-state index contributed by atoms with van der Waals surface area (Å²) in [6, 6.07) is 15.9. The molecule has 3 heterocycles. The summed E-state index contributed by atoms with van der Waals surface area (Å²) in [6.07, 6.45) is -0.416. The van der Waals surface area contributed by atoms with Crippen LogP contribution in [-0.2, 0) is 24.4 Å². The van der Waals surface area contributed by atoms with Gasteiger partial charge in [-0.1, -0.05) is 29.8 Å². The number of hydrogen-bond acceptors (Lipinski definition) is 4. The molecule has 0 spiro atoms. The molecule has 5 rings (SSSR count). The van der Waals surface area contributed by atoms with Crippen LogP contribution in [0, 0.1) is 6.92 Å². The van der Waals surface area contributed by atoms with Crippen molar-refractivity contribution in [1.29, 1.82) is 0 Å². The van der Waals surface area contributed by atoms with Gasteiger partial charge in [-0.3, -0.25) is 13.9 Å². The topological polar surface area (TPSA) is 67.4 Å². The zero-order chi connectivity index (χ0) is 24.4. The second-order valence-corrected chi connectivity index (χ2v) is 9.64. The highest BCUT2D eigenvalue weighted by atomic mass is 16.5. The van der Waals surface area contributed by atoms with Crippen LogP contribution in [0.4, 0.5) is 0 Å². The molecule has 1 atom stereocenters. The van der Waals surface area contributed by atoms with E-state index in [9.17, 15) is 9.59 Å². The maximum Gasteiger partial charge on any atom is 0.331 e. The highest BCUT2D eigenvalue weighted by Gasteiger charge is 2.40. The Bertz CT molecular complexity index is 1520. The summed E-state index contributed by atoms with van der Waals surface area (Å²) < 4.78 is 16.7. The van der Waals surface area contributed by atoms with E-state index in [-0.39, 0.29) is 11.2 Å². The molecule has 7 nitrogen and oxygen atoms in total. The summed E-state index contributed by atoms with van der Waals surface area (Å²) in [4.78, 5) is 26.6. The van der Waals surface area contributed by atoms with E-state index in [1.54, 1.807) is 18.7 Å². The lowest BCUT2D eigenvalue weighted by atomic mass is 9.97. The van der Waals surface area contributed by atoms with E-state index in [1.165, 1.54) is 11.6 Å². The average molecular weight is 460 g/mol. The van der Waals surface area contributed by atoms with Crippen molar-refractivity contribution in [3.63, 3.8) is 0 Å². The van der Waals surface area contributed by atoms with Gasteiger partial charge in [-0.15, -0.1) is 0 Å². The molecule has 7 heteroatoms. The van der Waals surface area contributed by atoms with Gasteiger partial charge in [0.1, 0.15) is 11.9 Å². The fraction of sp³-hybridized carbons (Fsp3) is 0.333. The maximum atomic E-state index is 13.6. The monoisotopic (exact) mass is 459 g/mol. The lowest BCUT2D eigenvalue weighted by Gasteiger charge is -2.39. The molecule has 0 aliphatic carbocycles. The van der Waals surface area contributed by atoms with Gasteiger partial charge in [-0.25, -0.2) is 4.79 Å². The number of methoxy groups -OCH3 is 1. The standard InChI is InChI=1S/C27H29N3O4/c1-16-7-9-18(10-8-16)24-23-22-20(25(31)29(5)26(32)28(22)4)21(30(23)27(2,3)15-34-24)17-11-13-19(33-6)14-12-17/h7-14,24H,15H2,1-6H3/t24-/m0/s1. The van der Waals surface area contributed by atoms with Gasteiger partial charge in [0.2, 0.25) is 0 Å². The van der Waals surface area contributed by atoms with Gasteiger partial charge >= 0.3 is 5.69 Å². The predicted molar refractivity (Wildman–Crippen MR) is 133 cm³/mol. The Labute approximate surface area is 197 Å². The highest BCUT2D eigenvalue weighted by molar-refractivity contribution is 5.97. The van der Waals surface area contributed by atoms with Crippen molar-refractivity contribution in [2.45, 2.75) is 32.4 Å². The van der Waals surface area contributed by atoms with Gasteiger partial charge in [0.25, 0.3) is 5.56 Å². The van der Waals surface area contributed by atoms with Crippen molar-refractivity contribution in [3.05, 3.63) is 86.2 Å². The Morgan fingerprint density at radius 2 is 1.62 bits per heavy atom. The summed E-state index contributed by atoms with van der Waals surface area (Å²) in [6.45, 7) is 6.69. The van der Waals surface area contributed by atoms with Crippen LogP contribution in [0.2, 0.25) is 0 Å². The normalized spacial score (nSPS) is 17.1. The van der Waals surface area contributed by atoms with E-state index in [0.29, 0.717) is 17.5 Å². The zero-order valence-corrected chi connectivity index (χ0v) is 20.4. The molecule has 0 amide bonds. The molecule has 0 unspecified atom stereocenters. The first kappa shape index (κ1) is 22.2. The average Bonchev–Trinajstić information content (AvgIpc) is 3.20. The van der Waals surface area contributed by atoms with Crippen molar-refractivity contribution >= 4 is 10.9 Å². The zero-order valence-electron chi connectivity index (χ0n) is 20.4. The third-order valence-electron chi connectivity index (χ3n) is 6.81. The number of benzene rings is 2. The number of aromatic nitrogens is 3. The molecular weight excluding hydrogens is 430 g/mol. The Morgan fingerprint density at radius 1 is 0.971 bits per heavy atom. The first-order chi connectivity index (χ1) is 16.2. The van der Waals surface area contributed by atoms with Gasteiger partial charge in [0.15, 0.2) is 0 Å². The summed E-state index contributed by atoms with van der Waals surface area (Å²) >= 11 is 0. The quantitative estimate of drug-likeness (QED) is 0.466. The van der Waals surface area contributed by atoms with E-state index in [4.69, 9.17) is 9.47 Å². The van der Waals surface area contributed by atoms with Crippen LogP contribution >= 0.6 is 0 Å². The third-order valence-corrected chi connectivity index (χ3v) is 6.81. The minimum Gasteiger partial charge on any atom is -0.497 e. The van der Waals surface area contributed by atoms with Gasteiger partial charge in [-0.2, -0.15) is 0 Å². The summed E-state index contributed by atoms with van der Waals surface area (Å²) in [5.41, 5.74) is 4.10. The van der Waals surface area contributed by atoms with Crippen molar-refractivity contribution in [2.75, 3.05) is 13.7 Å². The molecule has 0 fully saturated rings. The summed E-state index contributed by atoms with van der Waals surface area (Å²) in [5.74, 6) is 0.735. The van der Waals surface area contributed by atoms with Gasteiger partial charge < -0.3 is 14.0 Å². The Kier molecular flexibility index (Phi) is 5.06. The van der Waals surface area contributed by atoms with Crippen LogP contribution in [0.25, 0.3) is 22.2 Å². The number of aryl methyl sites for hydroxylation is 2. The molecule has 2 aromatic carbocycles. The van der Waals surface area contributed by atoms with Crippen LogP contribution in [0.15, 0.2) is 58.1 Å². The van der Waals surface area contributed by atoms with Crippen molar-refractivity contribution in [3.8, 4) is 17.0 Å². The van der Waals surface area contributed by atoms with Crippen LogP contribution in [0.5, 0.6) is 5.75 Å². The van der Waals surface area contributed by atoms with Crippen molar-refractivity contribution in [1.82, 2.24) is 13.7 Å². The fourth-order valence-corrected chi connectivity index (χ4v) is 5.01. The van der Waals surface area contributed by atoms with Crippen LogP contribution < -0.4 is 16.0 Å². The molecule has 0 bridgehead atoms. The third kappa shape index (κ3) is 3.15. The molecule has 34 heavy (non-hydrogen) atoms. The Balaban J connectivity index is 1.97. The summed E-state index contributed by atoms with van der Waals surface area (Å²) in [7, 11) is 4.87. The van der Waals surface area contributed by atoms with E-state index >= 15 is 0 Å². The van der Waals surface area contributed by atoms with E-state index < -0.39 is 11.6 Å². The predicted octanol–water partition coefficient (Wildman–Crippen LogP) is 3.88. The number of ether oxygens (including phenoxy) is 2. The van der Waals surface area contributed by atoms with Crippen molar-refractivity contribution in [2.24, 2.45) is 14.1 Å². The number of nitrogens with zero attached hydrogens (tertiary/aromatic N) is 3. The smallest absolute Gasteiger partial charge is 0.331 e. The van der Waals surface area contributed by atoms with Gasteiger partial charge in [-0.05, 0) is 56.2 Å². The molecule has 0 N–H and O–H groups in total. The molecule has 1 aliphatic rings. The first-order valence-corrected chi connectivity index (χ1v) is 11.3. The number of hydrogen-bond donors (Lipinski definition) is 0. The molecule has 0 saturated carbocycles. The molecule has 4 aromatic rings. The lowest BCUT2D eigenvalue weighted by Crippen LogP contribution is -2.40. The maximum absolute atomic E-state index is 13.6. The van der Waals surface area contributed by atoms with Gasteiger partial charge in [0, 0.05) is 14.1 Å². The van der Waals surface area contributed by atoms with E-state index in [1.807, 2.05) is 43.3 Å². The molecule has 176 valence electrons. The molecule has 2 aromatic heterocycles. The summed E-state index contributed by atoms with van der Waals surface area (Å²) in [5, 5.41) is 0.514. The largest absolute Gasteiger partial charge is 0.497 e. The fourth-order valence-electron chi connectivity index (χ4n) is 5.01. The van der Waals surface area contributed by atoms with E-state index in [2.05, 4.69) is 30.5 Å².